The van der Waals surface area contributed by atoms with Crippen LogP contribution in [-0.4, -0.2) is 73.1 Å². The highest BCUT2D eigenvalue weighted by molar-refractivity contribution is 7.20. The van der Waals surface area contributed by atoms with Crippen molar-refractivity contribution < 1.29 is 4.79 Å². The normalized spacial score (nSPS) is 16.5. The van der Waals surface area contributed by atoms with Gasteiger partial charge in [-0.05, 0) is 42.8 Å². The number of piperazine rings is 2. The van der Waals surface area contributed by atoms with Crippen molar-refractivity contribution >= 4 is 56.3 Å². The number of nitrogens with zero attached hydrogens (tertiary/aromatic N) is 6. The molecule has 2 aromatic heterocycles. The summed E-state index contributed by atoms with van der Waals surface area (Å²) in [5, 5.41) is 1.75. The lowest BCUT2D eigenvalue weighted by atomic mass is 10.1. The van der Waals surface area contributed by atoms with Crippen molar-refractivity contribution in [2.24, 2.45) is 0 Å². The second-order valence-corrected chi connectivity index (χ2v) is 10.9. The molecule has 0 N–H and O–H groups in total. The molecule has 0 spiro atoms. The number of aryl methyl sites for hydroxylation is 1. The number of hydrogen-bond acceptors (Lipinski definition) is 7. The zero-order valence-electron chi connectivity index (χ0n) is 20.8. The molecule has 2 aromatic carbocycles. The molecular weight excluding hydrogens is 504 g/mol. The third-order valence-electron chi connectivity index (χ3n) is 7.34. The van der Waals surface area contributed by atoms with Crippen LogP contribution < -0.4 is 14.7 Å². The van der Waals surface area contributed by atoms with Crippen molar-refractivity contribution in [3.05, 3.63) is 76.4 Å². The Hall–Kier alpha value is -3.36. The highest BCUT2D eigenvalue weighted by atomic mass is 35.5. The molecule has 2 aliphatic rings. The summed E-state index contributed by atoms with van der Waals surface area (Å²) in [5.41, 5.74) is 3.35. The van der Waals surface area contributed by atoms with Crippen LogP contribution in [0.25, 0.3) is 10.2 Å². The van der Waals surface area contributed by atoms with Gasteiger partial charge in [0.25, 0.3) is 5.91 Å². The van der Waals surface area contributed by atoms with E-state index in [0.717, 1.165) is 76.5 Å². The minimum Gasteiger partial charge on any atom is -0.368 e. The molecule has 0 saturated carbocycles. The minimum absolute atomic E-state index is 0.0890. The summed E-state index contributed by atoms with van der Waals surface area (Å²) in [4.78, 5) is 33.5. The number of carbonyl (C=O) groups is 1. The van der Waals surface area contributed by atoms with Crippen LogP contribution >= 0.6 is 22.9 Å². The molecule has 4 aromatic rings. The van der Waals surface area contributed by atoms with Gasteiger partial charge in [-0.3, -0.25) is 4.79 Å². The van der Waals surface area contributed by atoms with Gasteiger partial charge in [-0.2, -0.15) is 0 Å². The molecule has 0 bridgehead atoms. The van der Waals surface area contributed by atoms with Crippen LogP contribution in [0.2, 0.25) is 5.02 Å². The third kappa shape index (κ3) is 4.71. The van der Waals surface area contributed by atoms with Crippen LogP contribution in [0, 0.1) is 6.92 Å². The summed E-state index contributed by atoms with van der Waals surface area (Å²) in [7, 11) is 0. The molecule has 0 radical (unpaired) electrons. The lowest BCUT2D eigenvalue weighted by Crippen LogP contribution is -2.48. The maximum atomic E-state index is 13.6. The Morgan fingerprint density at radius 3 is 2.19 bits per heavy atom. The number of hydrogen-bond donors (Lipinski definition) is 0. The van der Waals surface area contributed by atoms with E-state index in [-0.39, 0.29) is 5.91 Å². The summed E-state index contributed by atoms with van der Waals surface area (Å²) in [5.74, 6) is 1.03. The highest BCUT2D eigenvalue weighted by Crippen LogP contribution is 2.36. The van der Waals surface area contributed by atoms with Gasteiger partial charge < -0.3 is 19.6 Å². The zero-order chi connectivity index (χ0) is 25.4. The molecule has 0 atom stereocenters. The van der Waals surface area contributed by atoms with Gasteiger partial charge >= 0.3 is 0 Å². The fourth-order valence-corrected chi connectivity index (χ4v) is 6.59. The zero-order valence-corrected chi connectivity index (χ0v) is 22.4. The largest absolute Gasteiger partial charge is 0.368 e. The maximum Gasteiger partial charge on any atom is 0.264 e. The fourth-order valence-electron chi connectivity index (χ4n) is 5.30. The molecule has 2 aliphatic heterocycles. The van der Waals surface area contributed by atoms with Crippen molar-refractivity contribution in [2.75, 3.05) is 67.1 Å². The Kier molecular flexibility index (Phi) is 6.61. The van der Waals surface area contributed by atoms with Crippen LogP contribution in [0.4, 0.5) is 17.2 Å². The Labute approximate surface area is 225 Å². The minimum atomic E-state index is 0.0890. The highest BCUT2D eigenvalue weighted by Gasteiger charge is 2.28. The lowest BCUT2D eigenvalue weighted by Gasteiger charge is -2.37. The Morgan fingerprint density at radius 2 is 1.46 bits per heavy atom. The first-order valence-electron chi connectivity index (χ1n) is 12.7. The van der Waals surface area contributed by atoms with Crippen LogP contribution in [-0.2, 0) is 0 Å². The molecule has 2 fully saturated rings. The first-order chi connectivity index (χ1) is 18.1. The number of carbonyl (C=O) groups excluding carboxylic acids is 1. The second kappa shape index (κ2) is 10.2. The van der Waals surface area contributed by atoms with E-state index in [9.17, 15) is 4.79 Å². The molecule has 190 valence electrons. The maximum absolute atomic E-state index is 13.6. The monoisotopic (exact) mass is 532 g/mol. The molecule has 2 saturated heterocycles. The average molecular weight is 533 g/mol. The first-order valence-corrected chi connectivity index (χ1v) is 13.9. The van der Waals surface area contributed by atoms with Crippen molar-refractivity contribution in [3.8, 4) is 0 Å². The third-order valence-corrected chi connectivity index (χ3v) is 8.76. The molecule has 7 nitrogen and oxygen atoms in total. The number of halogens is 1. The quantitative estimate of drug-likeness (QED) is 0.371. The molecule has 6 rings (SSSR count). The van der Waals surface area contributed by atoms with Crippen molar-refractivity contribution in [1.29, 1.82) is 0 Å². The molecule has 0 unspecified atom stereocenters. The van der Waals surface area contributed by atoms with Crippen LogP contribution in [0.15, 0.2) is 60.9 Å². The molecule has 0 aliphatic carbocycles. The Balaban J connectivity index is 1.18. The number of rotatable bonds is 4. The van der Waals surface area contributed by atoms with Gasteiger partial charge in [0, 0.05) is 68.8 Å². The number of amides is 1. The van der Waals surface area contributed by atoms with E-state index in [2.05, 4.69) is 61.1 Å². The number of aromatic nitrogens is 2. The van der Waals surface area contributed by atoms with Crippen LogP contribution in [0.3, 0.4) is 0 Å². The summed E-state index contributed by atoms with van der Waals surface area (Å²) in [6.45, 7) is 8.60. The van der Waals surface area contributed by atoms with Gasteiger partial charge in [0.05, 0.1) is 10.3 Å². The van der Waals surface area contributed by atoms with Crippen molar-refractivity contribution in [1.82, 2.24) is 14.9 Å². The predicted molar refractivity (Wildman–Crippen MR) is 153 cm³/mol. The van der Waals surface area contributed by atoms with E-state index >= 15 is 0 Å². The van der Waals surface area contributed by atoms with Gasteiger partial charge in [-0.1, -0.05) is 35.9 Å². The summed E-state index contributed by atoms with van der Waals surface area (Å²) in [6, 6.07) is 18.4. The van der Waals surface area contributed by atoms with Gasteiger partial charge in [0.2, 0.25) is 0 Å². The van der Waals surface area contributed by atoms with Crippen LogP contribution in [0.5, 0.6) is 0 Å². The summed E-state index contributed by atoms with van der Waals surface area (Å²) in [6.07, 6.45) is 1.63. The molecular formula is C28H29ClN6OS. The van der Waals surface area contributed by atoms with Crippen LogP contribution in [0.1, 0.15) is 15.2 Å². The van der Waals surface area contributed by atoms with Gasteiger partial charge in [-0.15, -0.1) is 11.3 Å². The molecule has 4 heterocycles. The van der Waals surface area contributed by atoms with E-state index in [1.54, 1.807) is 6.33 Å². The number of thiophene rings is 1. The van der Waals surface area contributed by atoms with Crippen molar-refractivity contribution in [3.63, 3.8) is 0 Å². The molecule has 37 heavy (non-hydrogen) atoms. The fraction of sp³-hybridized carbons (Fsp3) is 0.321. The SMILES string of the molecule is Cc1c(C(=O)N2CCN(c3cccc(Cl)c3)CC2)sc2ncnc(N3CCN(c4ccccc4)CC3)c12. The topological polar surface area (TPSA) is 55.8 Å². The van der Waals surface area contributed by atoms with Gasteiger partial charge in [-0.25, -0.2) is 9.97 Å². The smallest absolute Gasteiger partial charge is 0.264 e. The van der Waals surface area contributed by atoms with E-state index in [1.807, 2.05) is 30.0 Å². The van der Waals surface area contributed by atoms with E-state index in [0.29, 0.717) is 13.1 Å². The Morgan fingerprint density at radius 1 is 0.811 bits per heavy atom. The summed E-state index contributed by atoms with van der Waals surface area (Å²) < 4.78 is 0. The average Bonchev–Trinajstić information content (AvgIpc) is 3.30. The van der Waals surface area contributed by atoms with E-state index in [1.165, 1.54) is 17.0 Å². The Bertz CT molecular complexity index is 1410. The number of benzene rings is 2. The standard InChI is InChI=1S/C28H29ClN6OS/c1-20-24-26(34-14-10-32(11-15-34)22-7-3-2-4-8-22)30-19-31-27(24)37-25(20)28(36)35-16-12-33(13-17-35)23-9-5-6-21(29)18-23/h2-9,18-19H,10-17H2,1H3. The van der Waals surface area contributed by atoms with Gasteiger partial charge in [0.1, 0.15) is 17.0 Å². The lowest BCUT2D eigenvalue weighted by molar-refractivity contribution is 0.0751. The number of anilines is 3. The molecule has 1 amide bonds. The number of fused-ring (bicyclic) bond motifs is 1. The van der Waals surface area contributed by atoms with E-state index in [4.69, 9.17) is 11.6 Å². The van der Waals surface area contributed by atoms with Crippen molar-refractivity contribution in [2.45, 2.75) is 6.92 Å². The second-order valence-electron chi connectivity index (χ2n) is 9.50. The first kappa shape index (κ1) is 24.0. The summed E-state index contributed by atoms with van der Waals surface area (Å²) >= 11 is 7.67. The van der Waals surface area contributed by atoms with Gasteiger partial charge in [0.15, 0.2) is 0 Å². The number of para-hydroxylation sites is 1. The molecule has 9 heteroatoms. The predicted octanol–water partition coefficient (Wildman–Crippen LogP) is 4.94. The van der Waals surface area contributed by atoms with E-state index < -0.39 is 0 Å².